The van der Waals surface area contributed by atoms with Crippen LogP contribution >= 0.6 is 50.7 Å². The Morgan fingerprint density at radius 2 is 1.82 bits per heavy atom. The monoisotopic (exact) mass is 353 g/mol. The lowest BCUT2D eigenvalue weighted by Gasteiger charge is -2.06. The molecule has 3 nitrogen and oxygen atoms in total. The molecule has 90 valence electrons. The van der Waals surface area contributed by atoms with Crippen molar-refractivity contribution in [2.45, 2.75) is 11.8 Å². The van der Waals surface area contributed by atoms with Crippen LogP contribution in [0.25, 0.3) is 5.69 Å². The zero-order valence-corrected chi connectivity index (χ0v) is 12.5. The first kappa shape index (κ1) is 13.1. The molecule has 0 N–H and O–H groups in total. The summed E-state index contributed by atoms with van der Waals surface area (Å²) >= 11 is 21.4. The second-order valence-corrected chi connectivity index (χ2v) is 6.05. The third kappa shape index (κ3) is 2.76. The molecule has 1 aromatic heterocycles. The maximum atomic E-state index is 6.09. The molecule has 1 unspecified atom stereocenters. The molecule has 0 aliphatic heterocycles. The zero-order chi connectivity index (χ0) is 12.6. The van der Waals surface area contributed by atoms with Gasteiger partial charge in [0, 0.05) is 5.02 Å². The van der Waals surface area contributed by atoms with Gasteiger partial charge in [0.15, 0.2) is 0 Å². The van der Waals surface area contributed by atoms with Gasteiger partial charge in [-0.25, -0.2) is 4.68 Å². The lowest BCUT2D eigenvalue weighted by Crippen LogP contribution is -1.97. The van der Waals surface area contributed by atoms with Crippen LogP contribution in [0.2, 0.25) is 15.1 Å². The van der Waals surface area contributed by atoms with Crippen molar-refractivity contribution < 1.29 is 0 Å². The fourth-order valence-electron chi connectivity index (χ4n) is 1.32. The summed E-state index contributed by atoms with van der Waals surface area (Å²) < 4.78 is 1.54. The molecule has 2 aromatic rings. The predicted molar refractivity (Wildman–Crippen MR) is 73.7 cm³/mol. The summed E-state index contributed by atoms with van der Waals surface area (Å²) in [5, 5.41) is 9.34. The zero-order valence-electron chi connectivity index (χ0n) is 8.66. The largest absolute Gasteiger partial charge is 0.217 e. The van der Waals surface area contributed by atoms with E-state index in [1.54, 1.807) is 18.3 Å². The minimum absolute atomic E-state index is 0.112. The van der Waals surface area contributed by atoms with Crippen LogP contribution in [0.4, 0.5) is 0 Å². The van der Waals surface area contributed by atoms with E-state index in [-0.39, 0.29) is 4.83 Å². The first-order valence-corrected chi connectivity index (χ1v) is 6.75. The van der Waals surface area contributed by atoms with Gasteiger partial charge >= 0.3 is 0 Å². The lowest BCUT2D eigenvalue weighted by atomic mass is 10.3. The van der Waals surface area contributed by atoms with Crippen molar-refractivity contribution in [3.8, 4) is 5.69 Å². The summed E-state index contributed by atoms with van der Waals surface area (Å²) in [5.74, 6) is 0. The van der Waals surface area contributed by atoms with Crippen molar-refractivity contribution in [2.24, 2.45) is 0 Å². The number of nitrogens with zero attached hydrogens (tertiary/aromatic N) is 3. The standard InChI is InChI=1S/C10H7BrCl3N3/c1-5(11)9-4-17(16-15-9)10-7(13)2-6(12)3-8(10)14/h2-5H,1H3. The minimum atomic E-state index is 0.112. The molecule has 0 fully saturated rings. The van der Waals surface area contributed by atoms with Gasteiger partial charge in [0.05, 0.1) is 26.8 Å². The van der Waals surface area contributed by atoms with Gasteiger partial charge in [0.25, 0.3) is 0 Å². The van der Waals surface area contributed by atoms with Crippen LogP contribution in [0.1, 0.15) is 17.4 Å². The van der Waals surface area contributed by atoms with Crippen LogP contribution in [0, 0.1) is 0 Å². The Morgan fingerprint density at radius 3 is 2.29 bits per heavy atom. The number of hydrogen-bond donors (Lipinski definition) is 0. The Labute approximate surface area is 122 Å². The van der Waals surface area contributed by atoms with Gasteiger partial charge in [-0.15, -0.1) is 5.10 Å². The summed E-state index contributed by atoms with van der Waals surface area (Å²) in [6.45, 7) is 1.96. The fraction of sp³-hybridized carbons (Fsp3) is 0.200. The average Bonchev–Trinajstić information content (AvgIpc) is 2.65. The Kier molecular flexibility index (Phi) is 3.98. The van der Waals surface area contributed by atoms with Gasteiger partial charge < -0.3 is 0 Å². The Morgan fingerprint density at radius 1 is 1.24 bits per heavy atom. The highest BCUT2D eigenvalue weighted by atomic mass is 79.9. The fourth-order valence-corrected chi connectivity index (χ4v) is 2.52. The van der Waals surface area contributed by atoms with Crippen LogP contribution in [-0.4, -0.2) is 15.0 Å². The molecule has 1 heterocycles. The average molecular weight is 355 g/mol. The summed E-state index contributed by atoms with van der Waals surface area (Å²) in [4.78, 5) is 0.112. The molecule has 0 amide bonds. The molecule has 1 atom stereocenters. The summed E-state index contributed by atoms with van der Waals surface area (Å²) in [6, 6.07) is 3.23. The number of aromatic nitrogens is 3. The van der Waals surface area contributed by atoms with Gasteiger partial charge in [-0.2, -0.15) is 0 Å². The van der Waals surface area contributed by atoms with Crippen molar-refractivity contribution in [1.29, 1.82) is 0 Å². The molecular weight excluding hydrogens is 348 g/mol. The van der Waals surface area contributed by atoms with E-state index in [4.69, 9.17) is 34.8 Å². The number of hydrogen-bond acceptors (Lipinski definition) is 2. The van der Waals surface area contributed by atoms with Crippen molar-refractivity contribution in [1.82, 2.24) is 15.0 Å². The lowest BCUT2D eigenvalue weighted by molar-refractivity contribution is 0.798. The molecule has 0 saturated carbocycles. The maximum absolute atomic E-state index is 6.09. The van der Waals surface area contributed by atoms with Gasteiger partial charge in [0.1, 0.15) is 5.69 Å². The van der Waals surface area contributed by atoms with Crippen molar-refractivity contribution in [3.05, 3.63) is 39.1 Å². The molecule has 1 aromatic carbocycles. The van der Waals surface area contributed by atoms with Crippen molar-refractivity contribution >= 4 is 50.7 Å². The Bertz CT molecular complexity index is 530. The molecule has 0 radical (unpaired) electrons. The van der Waals surface area contributed by atoms with Crippen LogP contribution in [0.15, 0.2) is 18.3 Å². The van der Waals surface area contributed by atoms with E-state index in [9.17, 15) is 0 Å². The topological polar surface area (TPSA) is 30.7 Å². The van der Waals surface area contributed by atoms with Crippen molar-refractivity contribution in [3.63, 3.8) is 0 Å². The van der Waals surface area contributed by atoms with E-state index < -0.39 is 0 Å². The molecule has 0 aliphatic rings. The van der Waals surface area contributed by atoms with E-state index in [2.05, 4.69) is 26.2 Å². The molecule has 7 heteroatoms. The summed E-state index contributed by atoms with van der Waals surface area (Å²) in [6.07, 6.45) is 1.76. The van der Waals surface area contributed by atoms with Gasteiger partial charge in [-0.3, -0.25) is 0 Å². The van der Waals surface area contributed by atoms with Crippen LogP contribution in [-0.2, 0) is 0 Å². The van der Waals surface area contributed by atoms with E-state index in [1.165, 1.54) is 4.68 Å². The smallest absolute Gasteiger partial charge is 0.104 e. The van der Waals surface area contributed by atoms with E-state index in [0.717, 1.165) is 5.69 Å². The summed E-state index contributed by atoms with van der Waals surface area (Å²) in [5.41, 5.74) is 1.37. The number of benzene rings is 1. The third-order valence-corrected chi connectivity index (χ3v) is 3.39. The summed E-state index contributed by atoms with van der Waals surface area (Å²) in [7, 11) is 0. The van der Waals surface area contributed by atoms with E-state index >= 15 is 0 Å². The first-order valence-electron chi connectivity index (χ1n) is 4.70. The number of rotatable bonds is 2. The second-order valence-electron chi connectivity index (χ2n) is 3.42. The van der Waals surface area contributed by atoms with E-state index in [1.807, 2.05) is 6.92 Å². The molecule has 17 heavy (non-hydrogen) atoms. The molecule has 0 saturated heterocycles. The minimum Gasteiger partial charge on any atom is -0.217 e. The van der Waals surface area contributed by atoms with Gasteiger partial charge in [0.2, 0.25) is 0 Å². The predicted octanol–water partition coefficient (Wildman–Crippen LogP) is 4.68. The van der Waals surface area contributed by atoms with Gasteiger partial charge in [-0.05, 0) is 19.1 Å². The number of alkyl halides is 1. The van der Waals surface area contributed by atoms with Crippen molar-refractivity contribution in [2.75, 3.05) is 0 Å². The quantitative estimate of drug-likeness (QED) is 0.732. The van der Waals surface area contributed by atoms with Crippen LogP contribution in [0.5, 0.6) is 0 Å². The van der Waals surface area contributed by atoms with E-state index in [0.29, 0.717) is 20.8 Å². The highest BCUT2D eigenvalue weighted by molar-refractivity contribution is 9.09. The second kappa shape index (κ2) is 5.14. The Balaban J connectivity index is 2.52. The van der Waals surface area contributed by atoms with Gasteiger partial charge in [-0.1, -0.05) is 55.9 Å². The molecule has 2 rings (SSSR count). The highest BCUT2D eigenvalue weighted by Crippen LogP contribution is 2.32. The number of halogens is 4. The Hall–Kier alpha value is -0.290. The normalized spacial score (nSPS) is 12.8. The maximum Gasteiger partial charge on any atom is 0.104 e. The third-order valence-electron chi connectivity index (χ3n) is 2.13. The molecular formula is C10H7BrCl3N3. The highest BCUT2D eigenvalue weighted by Gasteiger charge is 2.13. The first-order chi connectivity index (χ1) is 7.99. The molecule has 0 spiro atoms. The molecule has 0 aliphatic carbocycles. The van der Waals surface area contributed by atoms with Crippen LogP contribution in [0.3, 0.4) is 0 Å². The SMILES string of the molecule is CC(Br)c1cn(-c2c(Cl)cc(Cl)cc2Cl)nn1. The molecule has 0 bridgehead atoms. The van der Waals surface area contributed by atoms with Crippen LogP contribution < -0.4 is 0 Å².